The summed E-state index contributed by atoms with van der Waals surface area (Å²) in [5.74, 6) is -5.33. The zero-order chi connectivity index (χ0) is 67.7. The lowest BCUT2D eigenvalue weighted by molar-refractivity contribution is -0.584. The predicted molar refractivity (Wildman–Crippen MR) is 327 cm³/mol. The Morgan fingerprint density at radius 2 is 1.28 bits per heavy atom. The first-order chi connectivity index (χ1) is 43.9. The first-order valence-corrected chi connectivity index (χ1v) is 33.2. The predicted octanol–water partition coefficient (Wildman–Crippen LogP) is 5.45. The van der Waals surface area contributed by atoms with Gasteiger partial charge in [-0.15, -0.1) is 0 Å². The van der Waals surface area contributed by atoms with Crippen LogP contribution in [0.25, 0.3) is 0 Å². The molecule has 4 aliphatic carbocycles. The first-order valence-electron chi connectivity index (χ1n) is 33.2. The third kappa shape index (κ3) is 13.7. The molecule has 31 atom stereocenters. The van der Waals surface area contributed by atoms with Gasteiger partial charge in [-0.3, -0.25) is 14.9 Å². The van der Waals surface area contributed by atoms with Crippen LogP contribution in [0.15, 0.2) is 58.4 Å². The maximum absolute atomic E-state index is 15.7. The lowest BCUT2D eigenvalue weighted by Gasteiger charge is -2.56. The second kappa shape index (κ2) is 28.3. The number of hydrogen-bond donors (Lipinski definition) is 7. The quantitative estimate of drug-likeness (QED) is 0.0373. The van der Waals surface area contributed by atoms with Crippen LogP contribution in [0.1, 0.15) is 134 Å². The van der Waals surface area contributed by atoms with Gasteiger partial charge in [-0.05, 0) is 96.1 Å². The van der Waals surface area contributed by atoms with Crippen LogP contribution in [-0.2, 0) is 71.2 Å². The van der Waals surface area contributed by atoms with Crippen molar-refractivity contribution in [2.75, 3.05) is 20.8 Å². The van der Waals surface area contributed by atoms with E-state index in [1.165, 1.54) is 14.0 Å². The number of carbonyl (C=O) groups is 3. The zero-order valence-electron chi connectivity index (χ0n) is 55.9. The molecule has 0 aromatic heterocycles. The molecule has 6 aliphatic heterocycles. The largest absolute Gasteiger partial charge is 0.511 e. The number of fused-ring (bicyclic) bond motifs is 4. The highest BCUT2D eigenvalue weighted by atomic mass is 16.8. The number of carbonyl (C=O) groups excluding carboxylic acids is 3. The Morgan fingerprint density at radius 3 is 1.92 bits per heavy atom. The van der Waals surface area contributed by atoms with Crippen molar-refractivity contribution < 1.29 is 112 Å². The van der Waals surface area contributed by atoms with E-state index in [4.69, 9.17) is 61.6 Å². The average Bonchev–Trinajstić information content (AvgIpc) is 1.70. The number of Topliss-reactive ketones (excluding diaryl/α,β-unsaturated/α-hetero) is 1. The van der Waals surface area contributed by atoms with Crippen LogP contribution in [0.4, 0.5) is 4.79 Å². The van der Waals surface area contributed by atoms with Gasteiger partial charge in [0, 0.05) is 74.2 Å². The van der Waals surface area contributed by atoms with Crippen LogP contribution >= 0.6 is 0 Å². The fourth-order valence-electron chi connectivity index (χ4n) is 17.2. The molecule has 6 heterocycles. The molecule has 6 saturated heterocycles. The highest BCUT2D eigenvalue weighted by Gasteiger charge is 2.64. The summed E-state index contributed by atoms with van der Waals surface area (Å²) in [5, 5.41) is 83.6. The zero-order valence-corrected chi connectivity index (χ0v) is 55.9. The summed E-state index contributed by atoms with van der Waals surface area (Å²) in [6, 6.07) is -1.09. The molecule has 0 aromatic carbocycles. The van der Waals surface area contributed by atoms with Crippen molar-refractivity contribution in [1.29, 1.82) is 0 Å². The number of esters is 1. The Bertz CT molecular complexity index is 2880. The van der Waals surface area contributed by atoms with E-state index in [1.54, 1.807) is 53.7 Å². The van der Waals surface area contributed by atoms with E-state index in [2.05, 4.69) is 25.2 Å². The minimum absolute atomic E-state index is 0.00999. The lowest BCUT2D eigenvalue weighted by Crippen LogP contribution is -2.65. The molecule has 1 amide bonds. The summed E-state index contributed by atoms with van der Waals surface area (Å²) in [5.41, 5.74) is -3.49. The lowest BCUT2D eigenvalue weighted by atomic mass is 9.49. The molecule has 0 radical (unpaired) electrons. The van der Waals surface area contributed by atoms with Crippen LogP contribution in [0.3, 0.4) is 0 Å². The SMILES string of the molecule is COC(=O)NC1C(C)OC(O[C@H]2C/C=C(\C)[C@@H]3C=C[C@@H]4[C@@H](OC5CC(OC6CC(OC7CC(O)C(O)C(C)O7)C(OC7CC(O)C(OC)C(C)O7)C(C)O6)C(O)C(C)O5)[C@@H](C)C[C@H](C)[C@H]4[C@]3(C)/C(O)=C3\C(=O)O[C@]4(C[C@@H](C)C(CO)=C[C@H]4/C=C/2C)C3=O)CC1(C)[N+](=O)[O-]. The highest BCUT2D eigenvalue weighted by molar-refractivity contribution is 6.26. The van der Waals surface area contributed by atoms with E-state index >= 15 is 4.79 Å². The number of nitrogens with zero attached hydrogens (tertiary/aromatic N) is 1. The normalized spacial score (nSPS) is 49.9. The van der Waals surface area contributed by atoms with Gasteiger partial charge in [0.1, 0.15) is 41.8 Å². The molecule has 26 heteroatoms. The molecule has 20 unspecified atom stereocenters. The number of nitro groups is 1. The van der Waals surface area contributed by atoms with Gasteiger partial charge in [-0.1, -0.05) is 63.6 Å². The Kier molecular flexibility index (Phi) is 21.7. The van der Waals surface area contributed by atoms with Crippen LogP contribution in [0.2, 0.25) is 0 Å². The van der Waals surface area contributed by atoms with Crippen LogP contribution in [0, 0.1) is 57.0 Å². The molecule has 2 bridgehead atoms. The standard InChI is InChI=1S/C67H100N2O24/c1-29-15-18-45(88-52-27-65(11,69(79)80)60(38(10)87-52)68-64(78)82-14)30(2)20-40-21-39(28-70)33(5)26-67(40)62(76)53(63(77)93-67)61(75)66(12)42(29)17-16-41-54(66)31(3)19-32(4)57(41)91-51-24-46(56(74)35(7)84-51)89-50-25-47(90-48-22-43(71)55(73)34(6)83-48)59(37(9)86-50)92-49-23-44(72)58(81-13)36(8)85-49/h15-17,20-21,31-38,40-52,54-60,70-75H,18-19,22-28H2,1-14H3,(H,68,78)/b29-15+,30-20+,61-53+/t31-,32-,33+,34?,35?,36?,37?,38?,40+,41-,42-,43?,44?,45-,46?,47?,48?,49?,50?,51?,52?,54+,55?,56?,57-,58?,59?,60?,65?,66+,67-/m0/s1. The number of allylic oxidation sites excluding steroid dienone is 3. The number of alkyl carbamates (subject to hydrolysis) is 1. The molecule has 1 saturated carbocycles. The fraction of sp³-hybridized carbons (Fsp3) is 0.806. The number of nitrogens with one attached hydrogen (secondary N) is 1. The van der Waals surface area contributed by atoms with Crippen molar-refractivity contribution in [1.82, 2.24) is 5.32 Å². The minimum Gasteiger partial charge on any atom is -0.511 e. The summed E-state index contributed by atoms with van der Waals surface area (Å²) < 4.78 is 82.0. The number of methoxy groups -OCH3 is 2. The molecular formula is C67H100N2O24. The third-order valence-corrected chi connectivity index (χ3v) is 22.3. The molecule has 26 nitrogen and oxygen atoms in total. The van der Waals surface area contributed by atoms with Crippen LogP contribution < -0.4 is 5.32 Å². The third-order valence-electron chi connectivity index (χ3n) is 22.3. The summed E-state index contributed by atoms with van der Waals surface area (Å²) >= 11 is 0. The summed E-state index contributed by atoms with van der Waals surface area (Å²) in [6.45, 7) is 21.2. The molecule has 1 spiro atoms. The summed E-state index contributed by atoms with van der Waals surface area (Å²) in [7, 11) is 2.66. The van der Waals surface area contributed by atoms with E-state index in [1.807, 2.05) is 32.9 Å². The number of rotatable bonds is 14. The van der Waals surface area contributed by atoms with Gasteiger partial charge in [-0.2, -0.15) is 0 Å². The minimum atomic E-state index is -1.84. The molecule has 10 aliphatic rings. The molecular weight excluding hydrogens is 1220 g/mol. The van der Waals surface area contributed by atoms with Crippen molar-refractivity contribution in [2.45, 2.75) is 275 Å². The molecule has 7 N–H and O–H groups in total. The highest BCUT2D eigenvalue weighted by Crippen LogP contribution is 2.61. The van der Waals surface area contributed by atoms with Crippen LogP contribution in [0.5, 0.6) is 0 Å². The van der Waals surface area contributed by atoms with E-state index < -0.39 is 209 Å². The average molecular weight is 1320 g/mol. The Balaban J connectivity index is 0.943. The van der Waals surface area contributed by atoms with Crippen LogP contribution in [-0.4, -0.2) is 214 Å². The maximum Gasteiger partial charge on any atom is 0.407 e. The number of ether oxygens (including phenoxy) is 13. The fourth-order valence-corrected chi connectivity index (χ4v) is 17.2. The summed E-state index contributed by atoms with van der Waals surface area (Å²) in [6.07, 6.45) is -8.05. The molecule has 10 rings (SSSR count). The van der Waals surface area contributed by atoms with Gasteiger partial charge in [0.05, 0.1) is 87.3 Å². The van der Waals surface area contributed by atoms with Gasteiger partial charge in [-0.25, -0.2) is 9.59 Å². The maximum atomic E-state index is 15.7. The van der Waals surface area contributed by atoms with Gasteiger partial charge in [0.15, 0.2) is 37.1 Å². The Labute approximate surface area is 543 Å². The second-order valence-corrected chi connectivity index (χ2v) is 28.6. The van der Waals surface area contributed by atoms with Crippen molar-refractivity contribution in [2.24, 2.45) is 46.8 Å². The van der Waals surface area contributed by atoms with Crippen molar-refractivity contribution >= 4 is 17.8 Å². The topological polar surface area (TPSA) is 348 Å². The summed E-state index contributed by atoms with van der Waals surface area (Å²) in [4.78, 5) is 55.4. The number of hydrogen-bond acceptors (Lipinski definition) is 24. The van der Waals surface area contributed by atoms with Crippen molar-refractivity contribution in [3.8, 4) is 0 Å². The van der Waals surface area contributed by atoms with Gasteiger partial charge in [0.2, 0.25) is 11.3 Å². The monoisotopic (exact) mass is 1320 g/mol. The van der Waals surface area contributed by atoms with E-state index in [0.717, 1.165) is 12.7 Å². The van der Waals surface area contributed by atoms with Gasteiger partial charge < -0.3 is 97.5 Å². The number of aliphatic hydroxyl groups is 6. The number of amides is 1. The van der Waals surface area contributed by atoms with Crippen molar-refractivity contribution in [3.63, 3.8) is 0 Å². The molecule has 522 valence electrons. The van der Waals surface area contributed by atoms with E-state index in [9.17, 15) is 50.3 Å². The molecule has 7 fully saturated rings. The Morgan fingerprint density at radius 1 is 0.688 bits per heavy atom. The van der Waals surface area contributed by atoms with E-state index in [-0.39, 0.29) is 63.4 Å². The first kappa shape index (κ1) is 71.4. The van der Waals surface area contributed by atoms with E-state index in [0.29, 0.717) is 17.6 Å². The Hall–Kier alpha value is -4.33. The molecule has 93 heavy (non-hydrogen) atoms. The number of ketones is 1. The van der Waals surface area contributed by atoms with Crippen molar-refractivity contribution in [3.05, 3.63) is 68.5 Å². The van der Waals surface area contributed by atoms with Gasteiger partial charge >= 0.3 is 12.1 Å². The second-order valence-electron chi connectivity index (χ2n) is 28.6. The molecule has 0 aromatic rings. The number of aliphatic hydroxyl groups excluding tert-OH is 6. The smallest absolute Gasteiger partial charge is 0.407 e. The van der Waals surface area contributed by atoms with Gasteiger partial charge in [0.25, 0.3) is 0 Å².